The van der Waals surface area contributed by atoms with Gasteiger partial charge in [-0.1, -0.05) is 0 Å². The monoisotopic (exact) mass is 196 g/mol. The smallest absolute Gasteiger partial charge is 0.234 e. The SMILES string of the molecule is O=NOC(ON=O)(ON=O)ON=O. The summed E-state index contributed by atoms with van der Waals surface area (Å²) in [4.78, 5) is 51.9. The molecule has 0 aromatic carbocycles. The molecule has 0 aromatic heterocycles. The number of hydrogen-bond donors (Lipinski definition) is 0. The third-order valence-electron chi connectivity index (χ3n) is 0.596. The summed E-state index contributed by atoms with van der Waals surface area (Å²) in [5.74, 6) is 0. The van der Waals surface area contributed by atoms with Crippen LogP contribution in [0.3, 0.4) is 0 Å². The zero-order valence-corrected chi connectivity index (χ0v) is 5.55. The summed E-state index contributed by atoms with van der Waals surface area (Å²) < 4.78 is 0. The molecule has 0 fully saturated rings. The maximum Gasteiger partial charge on any atom is 0.700 e. The molecule has 0 N–H and O–H groups in total. The van der Waals surface area contributed by atoms with E-state index < -0.39 is 6.16 Å². The maximum absolute atomic E-state index is 9.50. The van der Waals surface area contributed by atoms with Gasteiger partial charge in [0.25, 0.3) is 0 Å². The van der Waals surface area contributed by atoms with Crippen molar-refractivity contribution in [3.05, 3.63) is 19.6 Å². The molecule has 0 aliphatic heterocycles. The van der Waals surface area contributed by atoms with Gasteiger partial charge in [0.1, 0.15) is 0 Å². The molecule has 0 saturated carbocycles. The summed E-state index contributed by atoms with van der Waals surface area (Å²) in [5, 5.41) is 6.57. The van der Waals surface area contributed by atoms with Gasteiger partial charge < -0.3 is 0 Å². The first-order valence-corrected chi connectivity index (χ1v) is 2.28. The van der Waals surface area contributed by atoms with Gasteiger partial charge in [0.05, 0.1) is 0 Å². The van der Waals surface area contributed by atoms with Crippen LogP contribution in [0.1, 0.15) is 0 Å². The van der Waals surface area contributed by atoms with E-state index in [2.05, 4.69) is 19.4 Å². The predicted octanol–water partition coefficient (Wildman–Crippen LogP) is 0.390. The minimum absolute atomic E-state index is 1.64. The molecule has 0 aliphatic rings. The first-order chi connectivity index (χ1) is 6.24. The summed E-state index contributed by atoms with van der Waals surface area (Å²) >= 11 is 0. The quantitative estimate of drug-likeness (QED) is 0.306. The van der Waals surface area contributed by atoms with E-state index in [1.165, 1.54) is 0 Å². The Labute approximate surface area is 67.8 Å². The van der Waals surface area contributed by atoms with Gasteiger partial charge in [0.2, 0.25) is 0 Å². The van der Waals surface area contributed by atoms with Crippen molar-refractivity contribution in [2.75, 3.05) is 0 Å². The van der Waals surface area contributed by atoms with Gasteiger partial charge >= 0.3 is 6.16 Å². The predicted molar refractivity (Wildman–Crippen MR) is 30.3 cm³/mol. The van der Waals surface area contributed by atoms with Crippen molar-refractivity contribution in [2.24, 2.45) is 21.4 Å². The van der Waals surface area contributed by atoms with Crippen molar-refractivity contribution in [3.63, 3.8) is 0 Å². The Morgan fingerprint density at radius 1 is 0.615 bits per heavy atom. The van der Waals surface area contributed by atoms with Crippen LogP contribution in [0.5, 0.6) is 0 Å². The van der Waals surface area contributed by atoms with E-state index in [4.69, 9.17) is 0 Å². The Balaban J connectivity index is 4.53. The molecule has 0 rings (SSSR count). The highest BCUT2D eigenvalue weighted by atomic mass is 17.2. The highest BCUT2D eigenvalue weighted by Gasteiger charge is 2.49. The summed E-state index contributed by atoms with van der Waals surface area (Å²) in [5.41, 5.74) is 0. The van der Waals surface area contributed by atoms with E-state index in [1.54, 1.807) is 21.4 Å². The largest absolute Gasteiger partial charge is 0.700 e. The molecule has 0 saturated heterocycles. The van der Waals surface area contributed by atoms with Crippen LogP contribution in [-0.4, -0.2) is 6.16 Å². The van der Waals surface area contributed by atoms with E-state index in [0.717, 1.165) is 0 Å². The van der Waals surface area contributed by atoms with Crippen LogP contribution in [0.15, 0.2) is 21.4 Å². The molecule has 72 valence electrons. The van der Waals surface area contributed by atoms with Crippen molar-refractivity contribution in [3.8, 4) is 0 Å². The molecule has 0 amide bonds. The zero-order valence-electron chi connectivity index (χ0n) is 5.55. The molecule has 12 heteroatoms. The molecule has 0 radical (unpaired) electrons. The molecule has 0 atom stereocenters. The topological polar surface area (TPSA) is 155 Å². The van der Waals surface area contributed by atoms with Gasteiger partial charge in [-0.05, 0) is 0 Å². The lowest BCUT2D eigenvalue weighted by atomic mass is 11.1. The molecule has 13 heavy (non-hydrogen) atoms. The number of rotatable bonds is 8. The first kappa shape index (κ1) is 10.6. The van der Waals surface area contributed by atoms with Crippen LogP contribution in [0.4, 0.5) is 0 Å². The van der Waals surface area contributed by atoms with Crippen LogP contribution < -0.4 is 0 Å². The second-order valence-corrected chi connectivity index (χ2v) is 1.16. The first-order valence-electron chi connectivity index (χ1n) is 2.28. The third-order valence-corrected chi connectivity index (χ3v) is 0.596. The van der Waals surface area contributed by atoms with Gasteiger partial charge in [0, 0.05) is 0 Å². The molecular formula is CN4O8. The Bertz CT molecular complexity index is 157. The fourth-order valence-corrected chi connectivity index (χ4v) is 0.283. The van der Waals surface area contributed by atoms with Crippen LogP contribution in [0, 0.1) is 19.6 Å². The lowest BCUT2D eigenvalue weighted by Crippen LogP contribution is -2.36. The van der Waals surface area contributed by atoms with E-state index >= 15 is 0 Å². The van der Waals surface area contributed by atoms with E-state index in [9.17, 15) is 19.6 Å². The minimum atomic E-state index is -3.22. The van der Waals surface area contributed by atoms with E-state index in [0.29, 0.717) is 0 Å². The second-order valence-electron chi connectivity index (χ2n) is 1.16. The Morgan fingerprint density at radius 2 is 0.846 bits per heavy atom. The number of hydrogen-bond acceptors (Lipinski definition) is 12. The highest BCUT2D eigenvalue weighted by Crippen LogP contribution is 2.18. The van der Waals surface area contributed by atoms with E-state index in [1.807, 2.05) is 0 Å². The van der Waals surface area contributed by atoms with Gasteiger partial charge in [0.15, 0.2) is 21.4 Å². The lowest BCUT2D eigenvalue weighted by Gasteiger charge is -2.13. The third kappa shape index (κ3) is 3.00. The van der Waals surface area contributed by atoms with Crippen molar-refractivity contribution >= 4 is 0 Å². The summed E-state index contributed by atoms with van der Waals surface area (Å²) in [7, 11) is 0. The fourth-order valence-electron chi connectivity index (χ4n) is 0.283. The van der Waals surface area contributed by atoms with Gasteiger partial charge in [-0.3, -0.25) is 0 Å². The Morgan fingerprint density at radius 3 is 1.00 bits per heavy atom. The van der Waals surface area contributed by atoms with Gasteiger partial charge in [-0.25, -0.2) is 19.4 Å². The molecule has 0 aliphatic carbocycles. The van der Waals surface area contributed by atoms with Crippen LogP contribution in [0.25, 0.3) is 0 Å². The Hall–Kier alpha value is -2.40. The zero-order chi connectivity index (χ0) is 10.2. The van der Waals surface area contributed by atoms with Crippen molar-refractivity contribution in [2.45, 2.75) is 6.16 Å². The number of nitrogens with zero attached hydrogens (tertiary/aromatic N) is 4. The lowest BCUT2D eigenvalue weighted by molar-refractivity contribution is -0.505. The van der Waals surface area contributed by atoms with Gasteiger partial charge in [-0.15, -0.1) is 19.6 Å². The molecule has 0 spiro atoms. The molecule has 0 unspecified atom stereocenters. The van der Waals surface area contributed by atoms with Crippen LogP contribution in [0.2, 0.25) is 0 Å². The maximum atomic E-state index is 9.50. The average Bonchev–Trinajstić information content (AvgIpc) is 2.06. The van der Waals surface area contributed by atoms with Crippen LogP contribution >= 0.6 is 0 Å². The highest BCUT2D eigenvalue weighted by molar-refractivity contribution is 4.33. The summed E-state index contributed by atoms with van der Waals surface area (Å²) in [6.45, 7) is 0. The summed E-state index contributed by atoms with van der Waals surface area (Å²) in [6, 6.07) is 0. The van der Waals surface area contributed by atoms with Gasteiger partial charge in [-0.2, -0.15) is 0 Å². The molecule has 0 bridgehead atoms. The van der Waals surface area contributed by atoms with Crippen LogP contribution in [-0.2, 0) is 19.4 Å². The normalized spacial score (nSPS) is 9.23. The standard InChI is InChI=1S/CN4O8/c6-2-10-1(11-3-7,12-4-8)13-5-9. The van der Waals surface area contributed by atoms with Crippen molar-refractivity contribution in [1.82, 2.24) is 0 Å². The van der Waals surface area contributed by atoms with Crippen molar-refractivity contribution in [1.29, 1.82) is 0 Å². The van der Waals surface area contributed by atoms with E-state index in [-0.39, 0.29) is 0 Å². The molecule has 0 aromatic rings. The Kier molecular flexibility index (Phi) is 4.30. The van der Waals surface area contributed by atoms with Crippen molar-refractivity contribution < 1.29 is 19.4 Å². The average molecular weight is 196 g/mol. The minimum Gasteiger partial charge on any atom is -0.234 e. The fraction of sp³-hybridized carbons (Fsp3) is 1.00. The molecule has 0 heterocycles. The second kappa shape index (κ2) is 5.28. The molecular weight excluding hydrogens is 196 g/mol. The summed E-state index contributed by atoms with van der Waals surface area (Å²) in [6.07, 6.45) is -3.22. The molecule has 12 nitrogen and oxygen atoms in total.